The Balaban J connectivity index is 1.96. The van der Waals surface area contributed by atoms with Gasteiger partial charge in [-0.15, -0.1) is 0 Å². The van der Waals surface area contributed by atoms with Crippen molar-refractivity contribution in [2.45, 2.75) is 18.6 Å². The second kappa shape index (κ2) is 5.57. The molecule has 20 heavy (non-hydrogen) atoms. The Labute approximate surface area is 135 Å². The summed E-state index contributed by atoms with van der Waals surface area (Å²) in [6.45, 7) is 0. The van der Waals surface area contributed by atoms with Gasteiger partial charge in [-0.1, -0.05) is 51.3 Å². The molecule has 2 nitrogen and oxygen atoms in total. The molecule has 0 aliphatic carbocycles. The van der Waals surface area contributed by atoms with Gasteiger partial charge in [-0.2, -0.15) is 0 Å². The number of halogens is 3. The second-order valence-corrected chi connectivity index (χ2v) is 6.44. The molecule has 0 amide bonds. The average Bonchev–Trinajstić information content (AvgIpc) is 2.41. The SMILES string of the molecule is O[C@@H]1CC(c2ccc(Cl)c(Cl)c2)Oc2cc(Br)ccc21. The van der Waals surface area contributed by atoms with Crippen LogP contribution in [0.4, 0.5) is 0 Å². The van der Waals surface area contributed by atoms with Gasteiger partial charge >= 0.3 is 0 Å². The molecule has 1 unspecified atom stereocenters. The fraction of sp³-hybridized carbons (Fsp3) is 0.200. The van der Waals surface area contributed by atoms with E-state index in [1.807, 2.05) is 24.3 Å². The van der Waals surface area contributed by atoms with Gasteiger partial charge in [-0.05, 0) is 29.8 Å². The lowest BCUT2D eigenvalue weighted by atomic mass is 9.95. The zero-order valence-corrected chi connectivity index (χ0v) is 13.4. The quantitative estimate of drug-likeness (QED) is 0.733. The van der Waals surface area contributed by atoms with Crippen LogP contribution >= 0.6 is 39.1 Å². The minimum absolute atomic E-state index is 0.235. The van der Waals surface area contributed by atoms with Gasteiger partial charge in [0.1, 0.15) is 11.9 Å². The van der Waals surface area contributed by atoms with E-state index in [-0.39, 0.29) is 6.10 Å². The summed E-state index contributed by atoms with van der Waals surface area (Å²) in [7, 11) is 0. The highest BCUT2D eigenvalue weighted by Gasteiger charge is 2.28. The molecule has 0 bridgehead atoms. The van der Waals surface area contributed by atoms with Crippen LogP contribution in [0, 0.1) is 0 Å². The van der Waals surface area contributed by atoms with E-state index in [9.17, 15) is 5.11 Å². The van der Waals surface area contributed by atoms with E-state index >= 15 is 0 Å². The van der Waals surface area contributed by atoms with Crippen molar-refractivity contribution in [3.63, 3.8) is 0 Å². The van der Waals surface area contributed by atoms with Gasteiger partial charge in [-0.3, -0.25) is 0 Å². The molecule has 0 radical (unpaired) electrons. The molecule has 1 heterocycles. The molecule has 0 aromatic heterocycles. The normalized spacial score (nSPS) is 21.2. The standard InChI is InChI=1S/C15H11BrCl2O2/c16-9-2-3-10-13(19)7-14(20-15(10)6-9)8-1-4-11(17)12(18)5-8/h1-6,13-14,19H,7H2/t13-,14?/m1/s1. The fourth-order valence-corrected chi connectivity index (χ4v) is 2.98. The minimum atomic E-state index is -0.550. The largest absolute Gasteiger partial charge is 0.485 e. The molecule has 3 rings (SSSR count). The predicted molar refractivity (Wildman–Crippen MR) is 83.5 cm³/mol. The van der Waals surface area contributed by atoms with Gasteiger partial charge in [0.25, 0.3) is 0 Å². The maximum atomic E-state index is 10.3. The van der Waals surface area contributed by atoms with Gasteiger partial charge in [0, 0.05) is 16.5 Å². The minimum Gasteiger partial charge on any atom is -0.485 e. The number of rotatable bonds is 1. The Morgan fingerprint density at radius 2 is 1.90 bits per heavy atom. The zero-order chi connectivity index (χ0) is 14.3. The van der Waals surface area contributed by atoms with Crippen molar-refractivity contribution in [3.8, 4) is 5.75 Å². The number of aliphatic hydroxyl groups is 1. The summed E-state index contributed by atoms with van der Waals surface area (Å²) < 4.78 is 6.89. The van der Waals surface area contributed by atoms with Crippen molar-refractivity contribution < 1.29 is 9.84 Å². The lowest BCUT2D eigenvalue weighted by Crippen LogP contribution is -2.19. The summed E-state index contributed by atoms with van der Waals surface area (Å²) in [4.78, 5) is 0. The highest BCUT2D eigenvalue weighted by molar-refractivity contribution is 9.10. The summed E-state index contributed by atoms with van der Waals surface area (Å²) in [6, 6.07) is 11.0. The zero-order valence-electron chi connectivity index (χ0n) is 10.3. The first-order valence-corrected chi connectivity index (χ1v) is 7.68. The Morgan fingerprint density at radius 3 is 2.65 bits per heavy atom. The molecular weight excluding hydrogens is 363 g/mol. The summed E-state index contributed by atoms with van der Waals surface area (Å²) >= 11 is 15.4. The van der Waals surface area contributed by atoms with E-state index in [1.165, 1.54) is 0 Å². The summed E-state index contributed by atoms with van der Waals surface area (Å²) in [5, 5.41) is 11.3. The first kappa shape index (κ1) is 14.2. The Bertz CT molecular complexity index is 660. The van der Waals surface area contributed by atoms with Gasteiger partial charge < -0.3 is 9.84 Å². The number of ether oxygens (including phenoxy) is 1. The van der Waals surface area contributed by atoms with Crippen molar-refractivity contribution in [2.24, 2.45) is 0 Å². The Hall–Kier alpha value is -0.740. The van der Waals surface area contributed by atoms with Crippen LogP contribution < -0.4 is 4.74 Å². The molecule has 2 aromatic carbocycles. The van der Waals surface area contributed by atoms with Crippen molar-refractivity contribution in [1.29, 1.82) is 0 Å². The molecule has 1 aliphatic rings. The molecule has 1 aliphatic heterocycles. The molecule has 0 saturated heterocycles. The second-order valence-electron chi connectivity index (χ2n) is 4.71. The monoisotopic (exact) mass is 372 g/mol. The van der Waals surface area contributed by atoms with E-state index in [0.29, 0.717) is 22.2 Å². The van der Waals surface area contributed by atoms with Crippen LogP contribution in [0.3, 0.4) is 0 Å². The van der Waals surface area contributed by atoms with Crippen molar-refractivity contribution >= 4 is 39.1 Å². The first-order valence-electron chi connectivity index (χ1n) is 6.13. The summed E-state index contributed by atoms with van der Waals surface area (Å²) in [5.74, 6) is 0.689. The molecule has 1 N–H and O–H groups in total. The average molecular weight is 374 g/mol. The maximum Gasteiger partial charge on any atom is 0.127 e. The molecule has 0 spiro atoms. The number of hydrogen-bond donors (Lipinski definition) is 1. The van der Waals surface area contributed by atoms with Gasteiger partial charge in [-0.25, -0.2) is 0 Å². The summed E-state index contributed by atoms with van der Waals surface area (Å²) in [5.41, 5.74) is 1.72. The highest BCUT2D eigenvalue weighted by Crippen LogP contribution is 2.42. The van der Waals surface area contributed by atoms with Crippen LogP contribution in [-0.4, -0.2) is 5.11 Å². The third-order valence-corrected chi connectivity index (χ3v) is 4.59. The molecule has 104 valence electrons. The van der Waals surface area contributed by atoms with Crippen LogP contribution in [0.5, 0.6) is 5.75 Å². The third kappa shape index (κ3) is 2.68. The molecule has 2 atom stereocenters. The van der Waals surface area contributed by atoms with E-state index in [0.717, 1.165) is 15.6 Å². The van der Waals surface area contributed by atoms with E-state index in [2.05, 4.69) is 15.9 Å². The van der Waals surface area contributed by atoms with Crippen LogP contribution in [0.2, 0.25) is 10.0 Å². The van der Waals surface area contributed by atoms with Crippen molar-refractivity contribution in [1.82, 2.24) is 0 Å². The molecule has 0 saturated carbocycles. The Kier molecular flexibility index (Phi) is 3.95. The molecule has 0 fully saturated rings. The fourth-order valence-electron chi connectivity index (χ4n) is 2.33. The van der Waals surface area contributed by atoms with E-state index in [4.69, 9.17) is 27.9 Å². The smallest absolute Gasteiger partial charge is 0.127 e. The number of fused-ring (bicyclic) bond motifs is 1. The van der Waals surface area contributed by atoms with Crippen molar-refractivity contribution in [2.75, 3.05) is 0 Å². The van der Waals surface area contributed by atoms with Crippen molar-refractivity contribution in [3.05, 3.63) is 62.0 Å². The molecule has 2 aromatic rings. The van der Waals surface area contributed by atoms with E-state index < -0.39 is 6.10 Å². The Morgan fingerprint density at radius 1 is 1.10 bits per heavy atom. The van der Waals surface area contributed by atoms with Crippen LogP contribution in [0.25, 0.3) is 0 Å². The first-order chi connectivity index (χ1) is 9.54. The van der Waals surface area contributed by atoms with Crippen LogP contribution in [-0.2, 0) is 0 Å². The topological polar surface area (TPSA) is 29.5 Å². The van der Waals surface area contributed by atoms with Gasteiger partial charge in [0.15, 0.2) is 0 Å². The lowest BCUT2D eigenvalue weighted by molar-refractivity contribution is 0.0657. The highest BCUT2D eigenvalue weighted by atomic mass is 79.9. The number of hydrogen-bond acceptors (Lipinski definition) is 2. The van der Waals surface area contributed by atoms with Crippen LogP contribution in [0.1, 0.15) is 29.8 Å². The van der Waals surface area contributed by atoms with Gasteiger partial charge in [0.2, 0.25) is 0 Å². The molecule has 5 heteroatoms. The number of benzene rings is 2. The maximum absolute atomic E-state index is 10.3. The lowest BCUT2D eigenvalue weighted by Gasteiger charge is -2.30. The van der Waals surface area contributed by atoms with E-state index in [1.54, 1.807) is 12.1 Å². The number of aliphatic hydroxyl groups excluding tert-OH is 1. The predicted octanol–water partition coefficient (Wildman–Crippen LogP) is 5.31. The van der Waals surface area contributed by atoms with Gasteiger partial charge in [0.05, 0.1) is 16.1 Å². The summed E-state index contributed by atoms with van der Waals surface area (Å²) in [6.07, 6.45) is -0.292. The third-order valence-electron chi connectivity index (χ3n) is 3.36. The molecular formula is C15H11BrCl2O2. The van der Waals surface area contributed by atoms with Crippen LogP contribution in [0.15, 0.2) is 40.9 Å².